The maximum Gasteiger partial charge on any atom is 0.179 e. The van der Waals surface area contributed by atoms with Crippen molar-refractivity contribution < 1.29 is 4.39 Å². The van der Waals surface area contributed by atoms with E-state index in [9.17, 15) is 4.39 Å². The highest BCUT2D eigenvalue weighted by molar-refractivity contribution is 7.80. The fraction of sp³-hybridized carbons (Fsp3) is 0.263. The number of fused-ring (bicyclic) bond motifs is 1. The van der Waals surface area contributed by atoms with Crippen LogP contribution >= 0.6 is 12.2 Å². The van der Waals surface area contributed by atoms with Gasteiger partial charge in [0.15, 0.2) is 10.9 Å². The van der Waals surface area contributed by atoms with Crippen LogP contribution in [0.15, 0.2) is 48.5 Å². The molecule has 8 heteroatoms. The highest BCUT2D eigenvalue weighted by Crippen LogP contribution is 2.40. The third kappa shape index (κ3) is 3.06. The van der Waals surface area contributed by atoms with Crippen LogP contribution in [-0.4, -0.2) is 25.3 Å². The topological polar surface area (TPSA) is 58.9 Å². The van der Waals surface area contributed by atoms with Crippen molar-refractivity contribution in [3.05, 3.63) is 65.7 Å². The van der Waals surface area contributed by atoms with Gasteiger partial charge in [0.2, 0.25) is 0 Å². The summed E-state index contributed by atoms with van der Waals surface area (Å²) in [5, 5.41) is 16.2. The predicted molar refractivity (Wildman–Crippen MR) is 106 cm³/mol. The summed E-state index contributed by atoms with van der Waals surface area (Å²) in [7, 11) is 0. The fourth-order valence-electron chi connectivity index (χ4n) is 3.25. The third-order valence-electron chi connectivity index (χ3n) is 4.45. The van der Waals surface area contributed by atoms with Crippen molar-refractivity contribution in [2.24, 2.45) is 0 Å². The standard InChI is InChI=1S/C19H19FN6S/c1-19(2,3)26-17(22-23-24-26)16-14-6-4-5-7-15(14)21-18(27)25(16)13-10-8-12(20)9-11-13/h4-11,16H,1-3H3,(H,21,27). The van der Waals surface area contributed by atoms with Gasteiger partial charge in [-0.1, -0.05) is 18.2 Å². The quantitative estimate of drug-likeness (QED) is 0.679. The third-order valence-corrected chi connectivity index (χ3v) is 4.75. The molecule has 3 aromatic rings. The second-order valence-electron chi connectivity index (χ2n) is 7.39. The Kier molecular flexibility index (Phi) is 4.15. The van der Waals surface area contributed by atoms with Crippen molar-refractivity contribution in [3.8, 4) is 0 Å². The van der Waals surface area contributed by atoms with Gasteiger partial charge in [-0.25, -0.2) is 9.07 Å². The number of anilines is 2. The van der Waals surface area contributed by atoms with E-state index in [4.69, 9.17) is 12.2 Å². The normalized spacial score (nSPS) is 16.8. The molecule has 27 heavy (non-hydrogen) atoms. The zero-order valence-corrected chi connectivity index (χ0v) is 16.0. The Morgan fingerprint density at radius 2 is 1.78 bits per heavy atom. The molecule has 1 N–H and O–H groups in total. The lowest BCUT2D eigenvalue weighted by atomic mass is 9.98. The summed E-state index contributed by atoms with van der Waals surface area (Å²) in [6.45, 7) is 6.13. The number of thiocarbonyl (C=S) groups is 1. The van der Waals surface area contributed by atoms with E-state index in [1.165, 1.54) is 12.1 Å². The van der Waals surface area contributed by atoms with Gasteiger partial charge in [0, 0.05) is 16.9 Å². The average molecular weight is 382 g/mol. The van der Waals surface area contributed by atoms with Gasteiger partial charge in [-0.3, -0.25) is 0 Å². The monoisotopic (exact) mass is 382 g/mol. The average Bonchev–Trinajstić information content (AvgIpc) is 3.11. The van der Waals surface area contributed by atoms with E-state index in [0.717, 1.165) is 16.9 Å². The Morgan fingerprint density at radius 3 is 2.48 bits per heavy atom. The van der Waals surface area contributed by atoms with Crippen LogP contribution in [0.4, 0.5) is 15.8 Å². The minimum atomic E-state index is -0.338. The number of hydrogen-bond donors (Lipinski definition) is 1. The SMILES string of the molecule is CC(C)(C)n1nnnc1C1c2ccccc2NC(=S)N1c1ccc(F)cc1. The number of hydrogen-bond acceptors (Lipinski definition) is 4. The van der Waals surface area contributed by atoms with E-state index >= 15 is 0 Å². The van der Waals surface area contributed by atoms with Crippen LogP contribution in [0.3, 0.4) is 0 Å². The zero-order chi connectivity index (χ0) is 19.2. The van der Waals surface area contributed by atoms with Crippen molar-refractivity contribution in [1.82, 2.24) is 20.2 Å². The lowest BCUT2D eigenvalue weighted by Gasteiger charge is -2.39. The van der Waals surface area contributed by atoms with Crippen molar-refractivity contribution in [1.29, 1.82) is 0 Å². The molecular weight excluding hydrogens is 363 g/mol. The maximum absolute atomic E-state index is 13.5. The molecule has 0 radical (unpaired) electrons. The number of halogens is 1. The van der Waals surface area contributed by atoms with Crippen molar-refractivity contribution in [2.45, 2.75) is 32.4 Å². The summed E-state index contributed by atoms with van der Waals surface area (Å²) in [4.78, 5) is 1.92. The maximum atomic E-state index is 13.5. The second kappa shape index (κ2) is 6.38. The zero-order valence-electron chi connectivity index (χ0n) is 15.2. The Hall–Kier alpha value is -2.87. The molecule has 1 atom stereocenters. The van der Waals surface area contributed by atoms with E-state index in [2.05, 4.69) is 20.8 Å². The summed E-state index contributed by atoms with van der Waals surface area (Å²) in [5.74, 6) is 0.370. The molecule has 138 valence electrons. The predicted octanol–water partition coefficient (Wildman–Crippen LogP) is 3.87. The highest BCUT2D eigenvalue weighted by Gasteiger charge is 2.37. The van der Waals surface area contributed by atoms with Crippen LogP contribution in [0, 0.1) is 5.82 Å². The largest absolute Gasteiger partial charge is 0.332 e. The Labute approximate surface area is 162 Å². The Morgan fingerprint density at radius 1 is 1.07 bits per heavy atom. The number of tetrazole rings is 1. The van der Waals surface area contributed by atoms with E-state index < -0.39 is 0 Å². The first-order valence-corrected chi connectivity index (χ1v) is 9.00. The van der Waals surface area contributed by atoms with E-state index in [1.807, 2.05) is 49.9 Å². The summed E-state index contributed by atoms with van der Waals surface area (Å²) in [6, 6.07) is 13.8. The van der Waals surface area contributed by atoms with E-state index in [1.54, 1.807) is 16.8 Å². The van der Waals surface area contributed by atoms with Gasteiger partial charge >= 0.3 is 0 Å². The fourth-order valence-corrected chi connectivity index (χ4v) is 3.57. The van der Waals surface area contributed by atoms with Gasteiger partial charge in [0.1, 0.15) is 11.9 Å². The van der Waals surface area contributed by atoms with Crippen LogP contribution < -0.4 is 10.2 Å². The smallest absolute Gasteiger partial charge is 0.179 e. The molecule has 1 aliphatic rings. The van der Waals surface area contributed by atoms with E-state index in [0.29, 0.717) is 10.9 Å². The highest BCUT2D eigenvalue weighted by atomic mass is 32.1. The van der Waals surface area contributed by atoms with Crippen LogP contribution in [0.5, 0.6) is 0 Å². The number of rotatable bonds is 2. The molecule has 2 heterocycles. The summed E-state index contributed by atoms with van der Waals surface area (Å²) in [6.07, 6.45) is 0. The Bertz CT molecular complexity index is 992. The summed E-state index contributed by atoms with van der Waals surface area (Å²) >= 11 is 5.65. The van der Waals surface area contributed by atoms with Gasteiger partial charge in [0.25, 0.3) is 0 Å². The molecule has 1 unspecified atom stereocenters. The van der Waals surface area contributed by atoms with Crippen molar-refractivity contribution in [2.75, 3.05) is 10.2 Å². The molecular formula is C19H19FN6S. The lowest BCUT2D eigenvalue weighted by molar-refractivity contribution is 0.331. The molecule has 0 amide bonds. The van der Waals surface area contributed by atoms with Gasteiger partial charge in [0.05, 0.1) is 5.54 Å². The molecule has 0 aliphatic carbocycles. The van der Waals surface area contributed by atoms with Crippen molar-refractivity contribution >= 4 is 28.7 Å². The first kappa shape index (κ1) is 17.5. The lowest BCUT2D eigenvalue weighted by Crippen LogP contribution is -2.44. The minimum Gasteiger partial charge on any atom is -0.332 e. The molecule has 1 aliphatic heterocycles. The first-order valence-electron chi connectivity index (χ1n) is 8.60. The molecule has 0 bridgehead atoms. The van der Waals surface area contributed by atoms with E-state index in [-0.39, 0.29) is 17.4 Å². The number of para-hydroxylation sites is 1. The molecule has 0 saturated heterocycles. The summed E-state index contributed by atoms with van der Waals surface area (Å²) in [5.41, 5.74) is 2.36. The number of benzene rings is 2. The summed E-state index contributed by atoms with van der Waals surface area (Å²) < 4.78 is 15.3. The van der Waals surface area contributed by atoms with Gasteiger partial charge in [-0.2, -0.15) is 0 Å². The van der Waals surface area contributed by atoms with Crippen LogP contribution in [0.25, 0.3) is 0 Å². The molecule has 1 aromatic heterocycles. The minimum absolute atomic E-state index is 0.300. The van der Waals surface area contributed by atoms with Gasteiger partial charge < -0.3 is 10.2 Å². The first-order chi connectivity index (χ1) is 12.9. The molecule has 0 saturated carbocycles. The van der Waals surface area contributed by atoms with Crippen molar-refractivity contribution in [3.63, 3.8) is 0 Å². The Balaban J connectivity index is 1.94. The molecule has 2 aromatic carbocycles. The van der Waals surface area contributed by atoms with Crippen LogP contribution in [0.1, 0.15) is 38.2 Å². The van der Waals surface area contributed by atoms with Gasteiger partial charge in [-0.15, -0.1) is 5.10 Å². The van der Waals surface area contributed by atoms with Crippen LogP contribution in [-0.2, 0) is 5.54 Å². The number of nitrogens with zero attached hydrogens (tertiary/aromatic N) is 5. The molecule has 4 rings (SSSR count). The van der Waals surface area contributed by atoms with Gasteiger partial charge in [-0.05, 0) is 73.7 Å². The van der Waals surface area contributed by atoms with Crippen LogP contribution in [0.2, 0.25) is 0 Å². The molecule has 0 spiro atoms. The number of aromatic nitrogens is 4. The second-order valence-corrected chi connectivity index (χ2v) is 7.77. The number of nitrogens with one attached hydrogen (secondary N) is 1. The molecule has 0 fully saturated rings. The molecule has 6 nitrogen and oxygen atoms in total.